The number of aromatic hydroxyl groups is 1. The lowest BCUT2D eigenvalue weighted by molar-refractivity contribution is 0.474. The van der Waals surface area contributed by atoms with Gasteiger partial charge in [-0.15, -0.1) is 0 Å². The Morgan fingerprint density at radius 1 is 1.53 bits per heavy atom. The highest BCUT2D eigenvalue weighted by Crippen LogP contribution is 2.16. The average molecular weight is 254 g/mol. The van der Waals surface area contributed by atoms with Gasteiger partial charge in [0.05, 0.1) is 5.71 Å². The molecular formula is C16H18N2O. The number of allylic oxidation sites excluding steroid dienone is 3. The Balaban J connectivity index is 2.01. The van der Waals surface area contributed by atoms with Crippen LogP contribution in [-0.4, -0.2) is 10.8 Å². The minimum absolute atomic E-state index is 0.289. The second-order valence-corrected chi connectivity index (χ2v) is 4.57. The molecular weight excluding hydrogens is 236 g/mol. The molecule has 0 fully saturated rings. The van der Waals surface area contributed by atoms with E-state index in [-0.39, 0.29) is 5.75 Å². The first-order chi connectivity index (χ1) is 9.16. The first-order valence-electron chi connectivity index (χ1n) is 6.26. The number of hydrogen-bond acceptors (Lipinski definition) is 3. The van der Waals surface area contributed by atoms with Crippen LogP contribution in [0.2, 0.25) is 0 Å². The predicted octanol–water partition coefficient (Wildman–Crippen LogP) is 3.30. The van der Waals surface area contributed by atoms with E-state index >= 15 is 0 Å². The van der Waals surface area contributed by atoms with Gasteiger partial charge in [0.2, 0.25) is 0 Å². The van der Waals surface area contributed by atoms with Gasteiger partial charge in [0.1, 0.15) is 5.75 Å². The molecule has 2 N–H and O–H groups in total. The minimum atomic E-state index is 0.289. The van der Waals surface area contributed by atoms with Crippen molar-refractivity contribution in [2.75, 3.05) is 0 Å². The summed E-state index contributed by atoms with van der Waals surface area (Å²) in [5.41, 5.74) is 4.09. The van der Waals surface area contributed by atoms with Crippen molar-refractivity contribution < 1.29 is 5.11 Å². The number of phenols is 1. The Kier molecular flexibility index (Phi) is 4.18. The topological polar surface area (TPSA) is 44.6 Å². The van der Waals surface area contributed by atoms with E-state index < -0.39 is 0 Å². The van der Waals surface area contributed by atoms with E-state index in [0.29, 0.717) is 6.54 Å². The summed E-state index contributed by atoms with van der Waals surface area (Å²) in [7, 11) is 0. The molecule has 0 atom stereocenters. The number of aliphatic imine (C=N–C) groups is 1. The Hall–Kier alpha value is -2.29. The summed E-state index contributed by atoms with van der Waals surface area (Å²) in [6.45, 7) is 6.57. The summed E-state index contributed by atoms with van der Waals surface area (Å²) in [6.07, 6.45) is 6.67. The van der Waals surface area contributed by atoms with Crippen molar-refractivity contribution in [3.8, 4) is 5.75 Å². The van der Waals surface area contributed by atoms with Gasteiger partial charge in [-0.25, -0.2) is 0 Å². The van der Waals surface area contributed by atoms with Crippen LogP contribution in [0.5, 0.6) is 5.75 Å². The fraction of sp³-hybridized carbons (Fsp3) is 0.188. The fourth-order valence-corrected chi connectivity index (χ4v) is 1.96. The zero-order valence-corrected chi connectivity index (χ0v) is 11.1. The van der Waals surface area contributed by atoms with Gasteiger partial charge in [0.25, 0.3) is 0 Å². The molecule has 1 aliphatic rings. The van der Waals surface area contributed by atoms with Gasteiger partial charge in [-0.1, -0.05) is 24.8 Å². The van der Waals surface area contributed by atoms with Crippen LogP contribution in [-0.2, 0) is 6.54 Å². The van der Waals surface area contributed by atoms with Gasteiger partial charge in [-0.05, 0) is 42.2 Å². The van der Waals surface area contributed by atoms with E-state index in [1.807, 2.05) is 37.5 Å². The molecule has 0 unspecified atom stereocenters. The zero-order valence-electron chi connectivity index (χ0n) is 11.1. The molecule has 3 heteroatoms. The third kappa shape index (κ3) is 3.58. The Bertz CT molecular complexity index is 568. The van der Waals surface area contributed by atoms with Crippen LogP contribution in [0.15, 0.2) is 65.5 Å². The highest BCUT2D eigenvalue weighted by molar-refractivity contribution is 6.12. The standard InChI is InChI=1S/C16H18N2O/c1-12(2)16-14(6-4-8-18-16)11-17-10-13-5-3-7-15(19)9-13/h3-5,7-9,11,17,19H,1,6,10H2,2H3/b14-11+. The van der Waals surface area contributed by atoms with Crippen LogP contribution >= 0.6 is 0 Å². The van der Waals surface area contributed by atoms with E-state index in [4.69, 9.17) is 0 Å². The maximum absolute atomic E-state index is 9.39. The van der Waals surface area contributed by atoms with Crippen molar-refractivity contribution in [1.82, 2.24) is 5.32 Å². The van der Waals surface area contributed by atoms with E-state index in [1.54, 1.807) is 12.1 Å². The maximum atomic E-state index is 9.39. The lowest BCUT2D eigenvalue weighted by Gasteiger charge is -2.12. The predicted molar refractivity (Wildman–Crippen MR) is 79.0 cm³/mol. The van der Waals surface area contributed by atoms with Crippen LogP contribution in [0, 0.1) is 0 Å². The number of nitrogens with zero attached hydrogens (tertiary/aromatic N) is 1. The minimum Gasteiger partial charge on any atom is -0.508 e. The molecule has 0 bridgehead atoms. The summed E-state index contributed by atoms with van der Waals surface area (Å²) < 4.78 is 0. The summed E-state index contributed by atoms with van der Waals surface area (Å²) in [5, 5.41) is 12.6. The largest absolute Gasteiger partial charge is 0.508 e. The van der Waals surface area contributed by atoms with E-state index in [9.17, 15) is 5.11 Å². The molecule has 1 heterocycles. The average Bonchev–Trinajstić information content (AvgIpc) is 2.39. The second kappa shape index (κ2) is 6.05. The Morgan fingerprint density at radius 3 is 3.11 bits per heavy atom. The number of phenolic OH excluding ortho intramolecular Hbond substituents is 1. The molecule has 0 aliphatic carbocycles. The van der Waals surface area contributed by atoms with Crippen molar-refractivity contribution in [3.05, 3.63) is 66.0 Å². The summed E-state index contributed by atoms with van der Waals surface area (Å²) in [5.74, 6) is 0.289. The van der Waals surface area contributed by atoms with Gasteiger partial charge in [0.15, 0.2) is 0 Å². The summed E-state index contributed by atoms with van der Waals surface area (Å²) >= 11 is 0. The van der Waals surface area contributed by atoms with Gasteiger partial charge in [0, 0.05) is 18.9 Å². The highest BCUT2D eigenvalue weighted by atomic mass is 16.3. The van der Waals surface area contributed by atoms with Gasteiger partial charge in [-0.3, -0.25) is 4.99 Å². The smallest absolute Gasteiger partial charge is 0.115 e. The third-order valence-corrected chi connectivity index (χ3v) is 2.85. The molecule has 19 heavy (non-hydrogen) atoms. The van der Waals surface area contributed by atoms with Crippen molar-refractivity contribution >= 4 is 5.71 Å². The van der Waals surface area contributed by atoms with E-state index in [1.165, 1.54) is 0 Å². The highest BCUT2D eigenvalue weighted by Gasteiger charge is 2.08. The molecule has 98 valence electrons. The lowest BCUT2D eigenvalue weighted by Crippen LogP contribution is -2.12. The fourth-order valence-electron chi connectivity index (χ4n) is 1.96. The van der Waals surface area contributed by atoms with Gasteiger partial charge < -0.3 is 10.4 Å². The third-order valence-electron chi connectivity index (χ3n) is 2.85. The Labute approximate surface area is 113 Å². The second-order valence-electron chi connectivity index (χ2n) is 4.57. The van der Waals surface area contributed by atoms with Crippen LogP contribution in [0.3, 0.4) is 0 Å². The zero-order chi connectivity index (χ0) is 13.7. The molecule has 1 aromatic carbocycles. The molecule has 0 saturated carbocycles. The van der Waals surface area contributed by atoms with E-state index in [2.05, 4.69) is 16.9 Å². The molecule has 0 aromatic heterocycles. The quantitative estimate of drug-likeness (QED) is 0.866. The number of benzene rings is 1. The SMILES string of the molecule is C=C(C)C1=NC=CC/C1=C\NCc1cccc(O)c1. The van der Waals surface area contributed by atoms with Gasteiger partial charge in [-0.2, -0.15) is 0 Å². The first-order valence-corrected chi connectivity index (χ1v) is 6.26. The van der Waals surface area contributed by atoms with Crippen molar-refractivity contribution in [3.63, 3.8) is 0 Å². The summed E-state index contributed by atoms with van der Waals surface area (Å²) in [4.78, 5) is 4.34. The van der Waals surface area contributed by atoms with Crippen LogP contribution < -0.4 is 5.32 Å². The van der Waals surface area contributed by atoms with Crippen molar-refractivity contribution in [1.29, 1.82) is 0 Å². The van der Waals surface area contributed by atoms with Crippen molar-refractivity contribution in [2.45, 2.75) is 19.9 Å². The Morgan fingerprint density at radius 2 is 2.37 bits per heavy atom. The molecule has 1 aromatic rings. The van der Waals surface area contributed by atoms with Crippen LogP contribution in [0.4, 0.5) is 0 Å². The summed E-state index contributed by atoms with van der Waals surface area (Å²) in [6, 6.07) is 7.23. The monoisotopic (exact) mass is 254 g/mol. The molecule has 2 rings (SSSR count). The lowest BCUT2D eigenvalue weighted by atomic mass is 10.0. The van der Waals surface area contributed by atoms with Gasteiger partial charge >= 0.3 is 0 Å². The molecule has 0 radical (unpaired) electrons. The van der Waals surface area contributed by atoms with Crippen LogP contribution in [0.25, 0.3) is 0 Å². The number of nitrogens with one attached hydrogen (secondary N) is 1. The molecule has 1 aliphatic heterocycles. The maximum Gasteiger partial charge on any atom is 0.115 e. The molecule has 0 amide bonds. The number of hydrogen-bond donors (Lipinski definition) is 2. The normalized spacial score (nSPS) is 16.3. The molecule has 0 saturated heterocycles. The molecule has 0 spiro atoms. The van der Waals surface area contributed by atoms with E-state index in [0.717, 1.165) is 28.8 Å². The number of rotatable bonds is 4. The van der Waals surface area contributed by atoms with Crippen molar-refractivity contribution in [2.24, 2.45) is 4.99 Å². The first kappa shape index (κ1) is 13.1. The van der Waals surface area contributed by atoms with Crippen LogP contribution in [0.1, 0.15) is 18.9 Å². The molecule has 3 nitrogen and oxygen atoms in total.